The predicted molar refractivity (Wildman–Crippen MR) is 119 cm³/mol. The van der Waals surface area contributed by atoms with Gasteiger partial charge in [-0.25, -0.2) is 0 Å². The fraction of sp³-hybridized carbons (Fsp3) is 0.174. The first-order valence-corrected chi connectivity index (χ1v) is 10.2. The largest absolute Gasteiger partial charge is 0.378 e. The molecule has 0 spiro atoms. The van der Waals surface area contributed by atoms with Crippen LogP contribution in [-0.2, 0) is 0 Å². The van der Waals surface area contributed by atoms with Gasteiger partial charge in [0.15, 0.2) is 0 Å². The second-order valence-corrected chi connectivity index (χ2v) is 8.02. The van der Waals surface area contributed by atoms with E-state index in [-0.39, 0.29) is 18.0 Å². The minimum Gasteiger partial charge on any atom is -0.378 e. The lowest BCUT2D eigenvalue weighted by atomic mass is 9.90. The van der Waals surface area contributed by atoms with Crippen molar-refractivity contribution in [3.63, 3.8) is 0 Å². The molecule has 3 aromatic carbocycles. The molecule has 4 rings (SSSR count). The van der Waals surface area contributed by atoms with E-state index in [0.717, 1.165) is 26.9 Å². The van der Waals surface area contributed by atoms with Crippen molar-refractivity contribution in [1.29, 1.82) is 0 Å². The van der Waals surface area contributed by atoms with Gasteiger partial charge in [-0.1, -0.05) is 48.5 Å². The number of carbonyl (C=O) groups is 1. The summed E-state index contributed by atoms with van der Waals surface area (Å²) in [4.78, 5) is 15.3. The van der Waals surface area contributed by atoms with Crippen LogP contribution in [0.25, 0.3) is 0 Å². The molecule has 1 amide bonds. The molecule has 136 valence electrons. The zero-order valence-electron chi connectivity index (χ0n) is 15.1. The lowest BCUT2D eigenvalue weighted by Crippen LogP contribution is -2.44. The standard InChI is InChI=1S/C23H21IN2O/c1-16-15-21(25-17-9-3-2-4-10-17)19-12-6-8-14-22(19)26(16)23(27)18-11-5-7-13-20(18)24/h2-14,16,21,25H,15H2,1H3/t16-,21+/m0/s1. The zero-order valence-corrected chi connectivity index (χ0v) is 17.3. The Morgan fingerprint density at radius 1 is 0.963 bits per heavy atom. The Morgan fingerprint density at radius 3 is 2.41 bits per heavy atom. The fourth-order valence-corrected chi connectivity index (χ4v) is 4.38. The average Bonchev–Trinajstić information content (AvgIpc) is 2.69. The smallest absolute Gasteiger partial charge is 0.259 e. The molecule has 4 heteroatoms. The molecule has 27 heavy (non-hydrogen) atoms. The van der Waals surface area contributed by atoms with Gasteiger partial charge >= 0.3 is 0 Å². The van der Waals surface area contributed by atoms with E-state index in [0.29, 0.717) is 0 Å². The Balaban J connectivity index is 1.71. The summed E-state index contributed by atoms with van der Waals surface area (Å²) in [5.41, 5.74) is 4.02. The van der Waals surface area contributed by atoms with Gasteiger partial charge in [-0.05, 0) is 71.8 Å². The normalized spacial score (nSPS) is 18.7. The van der Waals surface area contributed by atoms with Gasteiger partial charge in [-0.3, -0.25) is 4.79 Å². The summed E-state index contributed by atoms with van der Waals surface area (Å²) < 4.78 is 0.981. The molecule has 1 aliphatic heterocycles. The molecule has 1 aliphatic rings. The number of hydrogen-bond acceptors (Lipinski definition) is 2. The van der Waals surface area contributed by atoms with E-state index in [1.54, 1.807) is 0 Å². The molecule has 0 unspecified atom stereocenters. The highest BCUT2D eigenvalue weighted by molar-refractivity contribution is 14.1. The van der Waals surface area contributed by atoms with Crippen LogP contribution in [0.2, 0.25) is 0 Å². The highest BCUT2D eigenvalue weighted by Crippen LogP contribution is 2.39. The van der Waals surface area contributed by atoms with E-state index in [1.807, 2.05) is 59.5 Å². The van der Waals surface area contributed by atoms with Gasteiger partial charge in [-0.2, -0.15) is 0 Å². The maximum Gasteiger partial charge on any atom is 0.259 e. The number of nitrogens with one attached hydrogen (secondary N) is 1. The third-order valence-electron chi connectivity index (χ3n) is 5.03. The third-order valence-corrected chi connectivity index (χ3v) is 5.97. The Hall–Kier alpha value is -2.34. The van der Waals surface area contributed by atoms with Crippen molar-refractivity contribution in [3.8, 4) is 0 Å². The van der Waals surface area contributed by atoms with Crippen LogP contribution in [0.3, 0.4) is 0 Å². The first kappa shape index (κ1) is 18.0. The first-order chi connectivity index (χ1) is 13.1. The van der Waals surface area contributed by atoms with E-state index in [1.165, 1.54) is 5.56 Å². The maximum atomic E-state index is 13.4. The number of carbonyl (C=O) groups excluding carboxylic acids is 1. The Kier molecular flexibility index (Phi) is 5.16. The fourth-order valence-electron chi connectivity index (χ4n) is 3.76. The monoisotopic (exact) mass is 468 g/mol. The molecule has 1 heterocycles. The number of nitrogens with zero attached hydrogens (tertiary/aromatic N) is 1. The molecule has 0 fully saturated rings. The molecule has 3 nitrogen and oxygen atoms in total. The first-order valence-electron chi connectivity index (χ1n) is 9.14. The number of hydrogen-bond donors (Lipinski definition) is 1. The molecule has 3 aromatic rings. The van der Waals surface area contributed by atoms with Crippen LogP contribution in [0, 0.1) is 3.57 Å². The van der Waals surface area contributed by atoms with E-state index in [4.69, 9.17) is 0 Å². The summed E-state index contributed by atoms with van der Waals surface area (Å²) >= 11 is 2.24. The number of rotatable bonds is 3. The summed E-state index contributed by atoms with van der Waals surface area (Å²) in [6.07, 6.45) is 0.862. The Labute approximate surface area is 173 Å². The molecular weight excluding hydrogens is 447 g/mol. The molecule has 2 atom stereocenters. The minimum absolute atomic E-state index is 0.0677. The highest BCUT2D eigenvalue weighted by Gasteiger charge is 2.34. The van der Waals surface area contributed by atoms with Crippen molar-refractivity contribution in [2.24, 2.45) is 0 Å². The van der Waals surface area contributed by atoms with Crippen molar-refractivity contribution in [2.75, 3.05) is 10.2 Å². The van der Waals surface area contributed by atoms with E-state index in [9.17, 15) is 4.79 Å². The topological polar surface area (TPSA) is 32.3 Å². The summed E-state index contributed by atoms with van der Waals surface area (Å²) in [5, 5.41) is 3.64. The second kappa shape index (κ2) is 7.72. The van der Waals surface area contributed by atoms with Crippen molar-refractivity contribution >= 4 is 39.9 Å². The van der Waals surface area contributed by atoms with E-state index < -0.39 is 0 Å². The van der Waals surface area contributed by atoms with E-state index in [2.05, 4.69) is 59.1 Å². The van der Waals surface area contributed by atoms with Crippen molar-refractivity contribution in [3.05, 3.63) is 93.6 Å². The summed E-state index contributed by atoms with van der Waals surface area (Å²) in [7, 11) is 0. The Morgan fingerprint density at radius 2 is 1.63 bits per heavy atom. The van der Waals surface area contributed by atoms with Gasteiger partial charge in [0.2, 0.25) is 0 Å². The van der Waals surface area contributed by atoms with Crippen LogP contribution < -0.4 is 10.2 Å². The SMILES string of the molecule is C[C@H]1C[C@@H](Nc2ccccc2)c2ccccc2N1C(=O)c1ccccc1I. The van der Waals surface area contributed by atoms with Crippen molar-refractivity contribution < 1.29 is 4.79 Å². The van der Waals surface area contributed by atoms with Gasteiger partial charge in [0, 0.05) is 21.0 Å². The minimum atomic E-state index is 0.0677. The number of halogens is 1. The van der Waals surface area contributed by atoms with Crippen molar-refractivity contribution in [2.45, 2.75) is 25.4 Å². The second-order valence-electron chi connectivity index (χ2n) is 6.86. The van der Waals surface area contributed by atoms with E-state index >= 15 is 0 Å². The number of anilines is 2. The van der Waals surface area contributed by atoms with Crippen molar-refractivity contribution in [1.82, 2.24) is 0 Å². The molecule has 1 N–H and O–H groups in total. The van der Waals surface area contributed by atoms with Gasteiger partial charge < -0.3 is 10.2 Å². The predicted octanol–water partition coefficient (Wildman–Crippen LogP) is 5.88. The zero-order chi connectivity index (χ0) is 18.8. The molecule has 0 bridgehead atoms. The summed E-state index contributed by atoms with van der Waals surface area (Å²) in [6, 6.07) is 26.5. The third kappa shape index (κ3) is 3.58. The van der Waals surface area contributed by atoms with Crippen LogP contribution in [0.5, 0.6) is 0 Å². The average molecular weight is 468 g/mol. The number of amides is 1. The molecular formula is C23H21IN2O. The van der Waals surface area contributed by atoms with Crippen LogP contribution in [-0.4, -0.2) is 11.9 Å². The molecule has 0 radical (unpaired) electrons. The Bertz CT molecular complexity index is 957. The van der Waals surface area contributed by atoms with Crippen LogP contribution >= 0.6 is 22.6 Å². The number of benzene rings is 3. The molecule has 0 aromatic heterocycles. The lowest BCUT2D eigenvalue weighted by molar-refractivity contribution is 0.0973. The highest BCUT2D eigenvalue weighted by atomic mass is 127. The summed E-state index contributed by atoms with van der Waals surface area (Å²) in [5.74, 6) is 0.0677. The maximum absolute atomic E-state index is 13.4. The molecule has 0 saturated heterocycles. The summed E-state index contributed by atoms with van der Waals surface area (Å²) in [6.45, 7) is 2.13. The number of para-hydroxylation sites is 2. The lowest BCUT2D eigenvalue weighted by Gasteiger charge is -2.40. The molecule has 0 saturated carbocycles. The van der Waals surface area contributed by atoms with Crippen LogP contribution in [0.15, 0.2) is 78.9 Å². The van der Waals surface area contributed by atoms with Gasteiger partial charge in [0.05, 0.1) is 11.6 Å². The molecule has 0 aliphatic carbocycles. The quantitative estimate of drug-likeness (QED) is 0.487. The van der Waals surface area contributed by atoms with Gasteiger partial charge in [-0.15, -0.1) is 0 Å². The number of fused-ring (bicyclic) bond motifs is 1. The van der Waals surface area contributed by atoms with Crippen LogP contribution in [0.4, 0.5) is 11.4 Å². The van der Waals surface area contributed by atoms with Gasteiger partial charge in [0.1, 0.15) is 0 Å². The van der Waals surface area contributed by atoms with Crippen LogP contribution in [0.1, 0.15) is 35.3 Å². The van der Waals surface area contributed by atoms with Gasteiger partial charge in [0.25, 0.3) is 5.91 Å².